The zero-order valence-electron chi connectivity index (χ0n) is 18.0. The maximum absolute atomic E-state index is 13.4. The largest absolute Gasteiger partial charge is 0.341 e. The molecule has 1 fully saturated rings. The van der Waals surface area contributed by atoms with Crippen LogP contribution in [0, 0.1) is 17.7 Å². The molecule has 1 saturated heterocycles. The van der Waals surface area contributed by atoms with E-state index in [0.29, 0.717) is 22.8 Å². The van der Waals surface area contributed by atoms with E-state index in [4.69, 9.17) is 0 Å². The number of hydrogen-bond acceptors (Lipinski definition) is 4. The van der Waals surface area contributed by atoms with Crippen LogP contribution in [0.3, 0.4) is 0 Å². The molecule has 4 rings (SSSR count). The molecule has 0 N–H and O–H groups in total. The highest BCUT2D eigenvalue weighted by Crippen LogP contribution is 2.32. The fraction of sp³-hybridized carbons (Fsp3) is 0.375. The number of nitrogens with zero attached hydrogens (tertiary/aromatic N) is 4. The van der Waals surface area contributed by atoms with Crippen molar-refractivity contribution in [3.8, 4) is 17.1 Å². The van der Waals surface area contributed by atoms with E-state index in [9.17, 15) is 9.18 Å². The Morgan fingerprint density at radius 2 is 1.68 bits per heavy atom. The first kappa shape index (κ1) is 21.6. The number of carbonyl (C=O) groups excluding carboxylic acids is 1. The fourth-order valence-electron chi connectivity index (χ4n) is 4.25. The van der Waals surface area contributed by atoms with Crippen LogP contribution in [-0.2, 0) is 4.79 Å². The molecule has 0 spiro atoms. The second kappa shape index (κ2) is 9.22. The molecule has 1 aliphatic heterocycles. The number of rotatable bonds is 5. The summed E-state index contributed by atoms with van der Waals surface area (Å²) in [7, 11) is 0. The topological polar surface area (TPSA) is 51.0 Å². The monoisotopic (exact) mass is 438 g/mol. The van der Waals surface area contributed by atoms with Gasteiger partial charge in [0.05, 0.1) is 5.25 Å². The van der Waals surface area contributed by atoms with Gasteiger partial charge in [0.1, 0.15) is 5.82 Å². The van der Waals surface area contributed by atoms with Crippen LogP contribution in [-0.4, -0.2) is 43.9 Å². The van der Waals surface area contributed by atoms with Crippen molar-refractivity contribution in [1.82, 2.24) is 19.7 Å². The molecule has 0 bridgehead atoms. The summed E-state index contributed by atoms with van der Waals surface area (Å²) in [6.45, 7) is 7.95. The van der Waals surface area contributed by atoms with Gasteiger partial charge in [-0.15, -0.1) is 10.2 Å². The maximum atomic E-state index is 13.4. The molecule has 0 radical (unpaired) electrons. The number of halogens is 1. The van der Waals surface area contributed by atoms with E-state index in [1.807, 2.05) is 46.7 Å². The lowest BCUT2D eigenvalue weighted by molar-refractivity contribution is -0.132. The van der Waals surface area contributed by atoms with Gasteiger partial charge < -0.3 is 4.90 Å². The zero-order valence-corrected chi connectivity index (χ0v) is 18.8. The zero-order chi connectivity index (χ0) is 22.0. The normalized spacial score (nSPS) is 19.9. The van der Waals surface area contributed by atoms with Gasteiger partial charge in [-0.25, -0.2) is 4.39 Å². The molecule has 0 saturated carbocycles. The summed E-state index contributed by atoms with van der Waals surface area (Å²) < 4.78 is 15.4. The number of piperidine rings is 1. The molecule has 1 aromatic heterocycles. The van der Waals surface area contributed by atoms with Crippen LogP contribution in [0.25, 0.3) is 17.1 Å². The Morgan fingerprint density at radius 3 is 2.32 bits per heavy atom. The number of likely N-dealkylation sites (tertiary alicyclic amines) is 1. The highest BCUT2D eigenvalue weighted by Gasteiger charge is 2.30. The molecule has 1 amide bonds. The molecule has 3 aromatic rings. The Labute approximate surface area is 186 Å². The molecule has 0 aliphatic carbocycles. The molecule has 2 aromatic carbocycles. The molecular weight excluding hydrogens is 411 g/mol. The van der Waals surface area contributed by atoms with Gasteiger partial charge in [0.15, 0.2) is 11.0 Å². The van der Waals surface area contributed by atoms with Crippen molar-refractivity contribution in [2.75, 3.05) is 13.1 Å². The highest BCUT2D eigenvalue weighted by molar-refractivity contribution is 8.00. The second-order valence-corrected chi connectivity index (χ2v) is 9.74. The third-order valence-electron chi connectivity index (χ3n) is 5.56. The van der Waals surface area contributed by atoms with Gasteiger partial charge in [0.2, 0.25) is 5.91 Å². The van der Waals surface area contributed by atoms with Crippen molar-refractivity contribution in [2.45, 2.75) is 37.6 Å². The molecule has 162 valence electrons. The van der Waals surface area contributed by atoms with Crippen LogP contribution in [0.1, 0.15) is 27.2 Å². The van der Waals surface area contributed by atoms with Crippen LogP contribution >= 0.6 is 11.8 Å². The Hall–Kier alpha value is -2.67. The minimum Gasteiger partial charge on any atom is -0.341 e. The molecule has 2 heterocycles. The third kappa shape index (κ3) is 4.82. The predicted octanol–water partition coefficient (Wildman–Crippen LogP) is 5.06. The van der Waals surface area contributed by atoms with Gasteiger partial charge in [0.25, 0.3) is 0 Å². The SMILES string of the molecule is CC1CC(C)CN(C(=O)C(C)Sc2nnc(-c3ccc(F)cc3)n2-c2ccccc2)C1. The van der Waals surface area contributed by atoms with Gasteiger partial charge in [-0.05, 0) is 61.6 Å². The number of hydrogen-bond donors (Lipinski definition) is 0. The number of para-hydroxylation sites is 1. The van der Waals surface area contributed by atoms with Crippen LogP contribution < -0.4 is 0 Å². The van der Waals surface area contributed by atoms with Crippen molar-refractivity contribution in [3.63, 3.8) is 0 Å². The van der Waals surface area contributed by atoms with Crippen LogP contribution in [0.5, 0.6) is 0 Å². The number of aromatic nitrogens is 3. The van der Waals surface area contributed by atoms with E-state index in [-0.39, 0.29) is 17.0 Å². The Balaban J connectivity index is 1.64. The Morgan fingerprint density at radius 1 is 1.03 bits per heavy atom. The van der Waals surface area contributed by atoms with E-state index in [0.717, 1.165) is 30.8 Å². The van der Waals surface area contributed by atoms with Crippen molar-refractivity contribution in [3.05, 3.63) is 60.4 Å². The van der Waals surface area contributed by atoms with Crippen LogP contribution in [0.4, 0.5) is 4.39 Å². The van der Waals surface area contributed by atoms with Crippen molar-refractivity contribution in [1.29, 1.82) is 0 Å². The molecule has 1 aliphatic rings. The molecular formula is C24H27FN4OS. The average molecular weight is 439 g/mol. The van der Waals surface area contributed by atoms with Crippen molar-refractivity contribution < 1.29 is 9.18 Å². The molecule has 5 nitrogen and oxygen atoms in total. The predicted molar refractivity (Wildman–Crippen MR) is 122 cm³/mol. The van der Waals surface area contributed by atoms with Gasteiger partial charge in [-0.3, -0.25) is 9.36 Å². The van der Waals surface area contributed by atoms with Crippen molar-refractivity contribution in [2.24, 2.45) is 11.8 Å². The first-order chi connectivity index (χ1) is 14.9. The smallest absolute Gasteiger partial charge is 0.235 e. The summed E-state index contributed by atoms with van der Waals surface area (Å²) in [5.41, 5.74) is 1.66. The number of benzene rings is 2. The van der Waals surface area contributed by atoms with Gasteiger partial charge in [0, 0.05) is 24.3 Å². The quantitative estimate of drug-likeness (QED) is 0.523. The van der Waals surface area contributed by atoms with E-state index in [1.165, 1.54) is 23.9 Å². The second-order valence-electron chi connectivity index (χ2n) is 8.43. The summed E-state index contributed by atoms with van der Waals surface area (Å²) in [4.78, 5) is 15.1. The summed E-state index contributed by atoms with van der Waals surface area (Å²) in [6.07, 6.45) is 1.16. The van der Waals surface area contributed by atoms with E-state index in [2.05, 4.69) is 24.0 Å². The molecule has 3 unspecified atom stereocenters. The van der Waals surface area contributed by atoms with Crippen LogP contribution in [0.2, 0.25) is 0 Å². The van der Waals surface area contributed by atoms with E-state index < -0.39 is 0 Å². The molecule has 31 heavy (non-hydrogen) atoms. The minimum atomic E-state index is -0.298. The number of carbonyl (C=O) groups is 1. The number of amides is 1. The molecule has 7 heteroatoms. The lowest BCUT2D eigenvalue weighted by Crippen LogP contribution is -2.45. The first-order valence-electron chi connectivity index (χ1n) is 10.6. The van der Waals surface area contributed by atoms with Crippen molar-refractivity contribution >= 4 is 17.7 Å². The standard InChI is InChI=1S/C24H27FN4OS/c1-16-13-17(2)15-28(14-16)23(30)18(3)31-24-27-26-22(19-9-11-20(25)12-10-19)29(24)21-7-5-4-6-8-21/h4-12,16-18H,13-15H2,1-3H3. The first-order valence-corrected chi connectivity index (χ1v) is 11.5. The van der Waals surface area contributed by atoms with E-state index >= 15 is 0 Å². The summed E-state index contributed by atoms with van der Waals surface area (Å²) in [6, 6.07) is 16.0. The number of thioether (sulfide) groups is 1. The maximum Gasteiger partial charge on any atom is 0.235 e. The Bertz CT molecular complexity index is 1030. The third-order valence-corrected chi connectivity index (χ3v) is 6.59. The lowest BCUT2D eigenvalue weighted by Gasteiger charge is -2.36. The highest BCUT2D eigenvalue weighted by atomic mass is 32.2. The lowest BCUT2D eigenvalue weighted by atomic mass is 9.92. The van der Waals surface area contributed by atoms with Gasteiger partial charge in [-0.1, -0.05) is 43.8 Å². The summed E-state index contributed by atoms with van der Waals surface area (Å²) in [5, 5.41) is 9.14. The Kier molecular flexibility index (Phi) is 6.41. The summed E-state index contributed by atoms with van der Waals surface area (Å²) in [5.74, 6) is 1.49. The fourth-order valence-corrected chi connectivity index (χ4v) is 5.20. The van der Waals surface area contributed by atoms with Gasteiger partial charge >= 0.3 is 0 Å². The average Bonchev–Trinajstić information content (AvgIpc) is 3.17. The van der Waals surface area contributed by atoms with E-state index in [1.54, 1.807) is 12.1 Å². The van der Waals surface area contributed by atoms with Crippen LogP contribution in [0.15, 0.2) is 59.8 Å². The summed E-state index contributed by atoms with van der Waals surface area (Å²) >= 11 is 1.41. The van der Waals surface area contributed by atoms with Gasteiger partial charge in [-0.2, -0.15) is 0 Å². The molecule has 3 atom stereocenters. The minimum absolute atomic E-state index is 0.134.